The molecule has 2 aromatic carbocycles. The molecule has 0 N–H and O–H groups in total. The Hall–Kier alpha value is -2.33. The maximum Gasteiger partial charge on any atom is 0.264 e. The lowest BCUT2D eigenvalue weighted by molar-refractivity contribution is 0.587. The standard InChI is InChI=1S/C19H21NO2S/c1-5-16(4)20(19-10-8-7-9-17(19)6-2)23(21,22)18-13-11-15(3)12-14-18/h5-14,16H,1-2H2,3-4H3. The van der Waals surface area contributed by atoms with E-state index in [1.165, 1.54) is 4.31 Å². The summed E-state index contributed by atoms with van der Waals surface area (Å²) in [6.45, 7) is 11.3. The van der Waals surface area contributed by atoms with Crippen LogP contribution in [0.3, 0.4) is 0 Å². The third-order valence-corrected chi connectivity index (χ3v) is 5.60. The summed E-state index contributed by atoms with van der Waals surface area (Å²) < 4.78 is 27.7. The maximum absolute atomic E-state index is 13.2. The zero-order chi connectivity index (χ0) is 17.0. The molecule has 0 aliphatic heterocycles. The van der Waals surface area contributed by atoms with Crippen molar-refractivity contribution in [3.63, 3.8) is 0 Å². The van der Waals surface area contributed by atoms with Gasteiger partial charge in [-0.05, 0) is 37.6 Å². The summed E-state index contributed by atoms with van der Waals surface area (Å²) in [4.78, 5) is 0.260. The van der Waals surface area contributed by atoms with E-state index in [0.717, 1.165) is 11.1 Å². The smallest absolute Gasteiger partial charge is 0.259 e. The van der Waals surface area contributed by atoms with Crippen LogP contribution >= 0.6 is 0 Å². The molecule has 4 heteroatoms. The molecule has 0 bridgehead atoms. The van der Waals surface area contributed by atoms with E-state index >= 15 is 0 Å². The van der Waals surface area contributed by atoms with Gasteiger partial charge in [0.05, 0.1) is 16.6 Å². The Morgan fingerprint density at radius 2 is 1.65 bits per heavy atom. The summed E-state index contributed by atoms with van der Waals surface area (Å²) >= 11 is 0. The molecule has 0 saturated carbocycles. The Morgan fingerprint density at radius 1 is 1.04 bits per heavy atom. The van der Waals surface area contributed by atoms with Crippen molar-refractivity contribution in [2.75, 3.05) is 4.31 Å². The fourth-order valence-electron chi connectivity index (χ4n) is 2.35. The SMILES string of the molecule is C=Cc1ccccc1N(C(C)C=C)S(=O)(=O)c1ccc(C)cc1. The van der Waals surface area contributed by atoms with Crippen LogP contribution in [-0.2, 0) is 10.0 Å². The molecule has 0 saturated heterocycles. The number of sulfonamides is 1. The summed E-state index contributed by atoms with van der Waals surface area (Å²) in [7, 11) is -3.70. The van der Waals surface area contributed by atoms with Crippen molar-refractivity contribution in [2.45, 2.75) is 24.8 Å². The second-order valence-corrected chi connectivity index (χ2v) is 7.17. The molecule has 2 rings (SSSR count). The summed E-state index contributed by atoms with van der Waals surface area (Å²) in [6.07, 6.45) is 3.27. The van der Waals surface area contributed by atoms with Crippen LogP contribution in [0.5, 0.6) is 0 Å². The average Bonchev–Trinajstić information content (AvgIpc) is 2.55. The van der Waals surface area contributed by atoms with E-state index in [4.69, 9.17) is 0 Å². The van der Waals surface area contributed by atoms with Gasteiger partial charge in [0.25, 0.3) is 10.0 Å². The van der Waals surface area contributed by atoms with Crippen molar-refractivity contribution in [2.24, 2.45) is 0 Å². The van der Waals surface area contributed by atoms with E-state index in [0.29, 0.717) is 5.69 Å². The highest BCUT2D eigenvalue weighted by Crippen LogP contribution is 2.30. The number of aryl methyl sites for hydroxylation is 1. The zero-order valence-corrected chi connectivity index (χ0v) is 14.3. The Morgan fingerprint density at radius 3 is 2.22 bits per heavy atom. The van der Waals surface area contributed by atoms with Crippen LogP contribution in [-0.4, -0.2) is 14.5 Å². The highest BCUT2D eigenvalue weighted by Gasteiger charge is 2.29. The molecular formula is C19H21NO2S. The summed E-state index contributed by atoms with van der Waals surface area (Å²) in [5, 5.41) is 0. The zero-order valence-electron chi connectivity index (χ0n) is 13.4. The van der Waals surface area contributed by atoms with Gasteiger partial charge in [0.2, 0.25) is 0 Å². The fraction of sp³-hybridized carbons (Fsp3) is 0.158. The number of hydrogen-bond donors (Lipinski definition) is 0. The van der Waals surface area contributed by atoms with Crippen LogP contribution in [0.2, 0.25) is 0 Å². The molecule has 1 atom stereocenters. The van der Waals surface area contributed by atoms with Gasteiger partial charge < -0.3 is 0 Å². The Kier molecular flexibility index (Phi) is 5.06. The number of hydrogen-bond acceptors (Lipinski definition) is 2. The molecule has 0 radical (unpaired) electrons. The quantitative estimate of drug-likeness (QED) is 0.737. The fourth-order valence-corrected chi connectivity index (χ4v) is 4.00. The van der Waals surface area contributed by atoms with Crippen molar-refractivity contribution in [3.8, 4) is 0 Å². The minimum Gasteiger partial charge on any atom is -0.259 e. The normalized spacial score (nSPS) is 12.4. The topological polar surface area (TPSA) is 37.4 Å². The predicted octanol–water partition coefficient (Wildman–Crippen LogP) is 4.41. The molecule has 0 aliphatic rings. The third kappa shape index (κ3) is 3.37. The number of nitrogens with zero attached hydrogens (tertiary/aromatic N) is 1. The first kappa shape index (κ1) is 17.0. The van der Waals surface area contributed by atoms with E-state index in [2.05, 4.69) is 13.2 Å². The highest BCUT2D eigenvalue weighted by atomic mass is 32.2. The molecule has 0 aromatic heterocycles. The van der Waals surface area contributed by atoms with Gasteiger partial charge in [0.1, 0.15) is 0 Å². The minimum atomic E-state index is -3.70. The van der Waals surface area contributed by atoms with Crippen molar-refractivity contribution in [1.82, 2.24) is 0 Å². The van der Waals surface area contributed by atoms with Crippen LogP contribution in [0.4, 0.5) is 5.69 Å². The van der Waals surface area contributed by atoms with Crippen LogP contribution in [0, 0.1) is 6.92 Å². The molecule has 2 aromatic rings. The van der Waals surface area contributed by atoms with Gasteiger partial charge in [0, 0.05) is 0 Å². The Balaban J connectivity index is 2.65. The van der Waals surface area contributed by atoms with E-state index in [1.807, 2.05) is 25.1 Å². The summed E-state index contributed by atoms with van der Waals surface area (Å²) in [6, 6.07) is 13.8. The van der Waals surface area contributed by atoms with Gasteiger partial charge >= 0.3 is 0 Å². The minimum absolute atomic E-state index is 0.260. The molecule has 0 fully saturated rings. The molecule has 120 valence electrons. The van der Waals surface area contributed by atoms with Crippen LogP contribution in [0.1, 0.15) is 18.1 Å². The summed E-state index contributed by atoms with van der Waals surface area (Å²) in [5.74, 6) is 0. The van der Waals surface area contributed by atoms with Crippen molar-refractivity contribution >= 4 is 21.8 Å². The lowest BCUT2D eigenvalue weighted by Gasteiger charge is -2.30. The lowest BCUT2D eigenvalue weighted by Crippen LogP contribution is -2.38. The molecule has 23 heavy (non-hydrogen) atoms. The van der Waals surface area contributed by atoms with Crippen LogP contribution < -0.4 is 4.31 Å². The molecule has 0 aliphatic carbocycles. The van der Waals surface area contributed by atoms with Crippen molar-refractivity contribution in [1.29, 1.82) is 0 Å². The average molecular weight is 327 g/mol. The highest BCUT2D eigenvalue weighted by molar-refractivity contribution is 7.92. The first-order valence-corrected chi connectivity index (χ1v) is 8.81. The molecule has 3 nitrogen and oxygen atoms in total. The van der Waals surface area contributed by atoms with Gasteiger partial charge in [-0.2, -0.15) is 0 Å². The predicted molar refractivity (Wildman–Crippen MR) is 97.0 cm³/mol. The second kappa shape index (κ2) is 6.84. The van der Waals surface area contributed by atoms with Gasteiger partial charge in [-0.3, -0.25) is 4.31 Å². The van der Waals surface area contributed by atoms with Gasteiger partial charge in [0.15, 0.2) is 0 Å². The number of benzene rings is 2. The van der Waals surface area contributed by atoms with E-state index in [-0.39, 0.29) is 10.9 Å². The van der Waals surface area contributed by atoms with Crippen LogP contribution in [0.25, 0.3) is 6.08 Å². The molecule has 0 heterocycles. The second-order valence-electron chi connectivity index (χ2n) is 5.35. The molecule has 1 unspecified atom stereocenters. The summed E-state index contributed by atoms with van der Waals surface area (Å²) in [5.41, 5.74) is 2.37. The number of rotatable bonds is 6. The largest absolute Gasteiger partial charge is 0.264 e. The monoisotopic (exact) mass is 327 g/mol. The van der Waals surface area contributed by atoms with E-state index in [9.17, 15) is 8.42 Å². The Labute approximate surface area is 138 Å². The first-order valence-electron chi connectivity index (χ1n) is 7.37. The van der Waals surface area contributed by atoms with Crippen molar-refractivity contribution < 1.29 is 8.42 Å². The third-order valence-electron chi connectivity index (χ3n) is 3.68. The van der Waals surface area contributed by atoms with E-state index < -0.39 is 10.0 Å². The lowest BCUT2D eigenvalue weighted by atomic mass is 10.1. The first-order chi connectivity index (χ1) is 10.9. The van der Waals surface area contributed by atoms with Crippen LogP contribution in [0.15, 0.2) is 72.7 Å². The molecular weight excluding hydrogens is 306 g/mol. The Bertz CT molecular complexity index is 808. The van der Waals surface area contributed by atoms with Gasteiger partial charge in [-0.15, -0.1) is 6.58 Å². The van der Waals surface area contributed by atoms with Crippen molar-refractivity contribution in [3.05, 3.63) is 78.9 Å². The van der Waals surface area contributed by atoms with Gasteiger partial charge in [-0.1, -0.05) is 54.6 Å². The molecule has 0 spiro atoms. The maximum atomic E-state index is 13.2. The van der Waals surface area contributed by atoms with E-state index in [1.54, 1.807) is 49.4 Å². The number of anilines is 1. The number of para-hydroxylation sites is 1. The van der Waals surface area contributed by atoms with Gasteiger partial charge in [-0.25, -0.2) is 8.42 Å². The molecule has 0 amide bonds.